The van der Waals surface area contributed by atoms with Crippen LogP contribution in [0, 0.1) is 0 Å². The van der Waals surface area contributed by atoms with Crippen LogP contribution in [0.3, 0.4) is 0 Å². The topological polar surface area (TPSA) is 88.2 Å². The van der Waals surface area contributed by atoms with Crippen LogP contribution in [-0.4, -0.2) is 67.6 Å². The summed E-state index contributed by atoms with van der Waals surface area (Å²) in [5, 5.41) is 2.67. The van der Waals surface area contributed by atoms with E-state index in [9.17, 15) is 14.4 Å². The molecule has 1 fully saturated rings. The molecule has 1 saturated heterocycles. The molecule has 0 unspecified atom stereocenters. The van der Waals surface area contributed by atoms with E-state index in [1.165, 1.54) is 14.0 Å². The SMILES string of the molecule is CCOC(=O)N1CCCN(C(=O)c2ccc(OC)c(NC(C)=O)c2)CC1. The second-order valence-electron chi connectivity index (χ2n) is 5.93. The van der Waals surface area contributed by atoms with Crippen molar-refractivity contribution in [1.82, 2.24) is 9.80 Å². The lowest BCUT2D eigenvalue weighted by Gasteiger charge is -2.22. The number of hydrogen-bond donors (Lipinski definition) is 1. The molecular weight excluding hydrogens is 338 g/mol. The molecule has 1 aromatic rings. The van der Waals surface area contributed by atoms with Gasteiger partial charge in [0.15, 0.2) is 0 Å². The molecule has 0 radical (unpaired) electrons. The first-order valence-electron chi connectivity index (χ1n) is 8.62. The highest BCUT2D eigenvalue weighted by molar-refractivity contribution is 5.98. The lowest BCUT2D eigenvalue weighted by molar-refractivity contribution is -0.114. The minimum absolute atomic E-state index is 0.148. The highest BCUT2D eigenvalue weighted by atomic mass is 16.6. The summed E-state index contributed by atoms with van der Waals surface area (Å²) in [5.41, 5.74) is 0.910. The Labute approximate surface area is 153 Å². The van der Waals surface area contributed by atoms with E-state index < -0.39 is 0 Å². The van der Waals surface area contributed by atoms with Crippen molar-refractivity contribution >= 4 is 23.6 Å². The predicted molar refractivity (Wildman–Crippen MR) is 96.4 cm³/mol. The third-order valence-electron chi connectivity index (χ3n) is 4.07. The van der Waals surface area contributed by atoms with Gasteiger partial charge in [0.1, 0.15) is 5.75 Å². The molecule has 0 spiro atoms. The number of ether oxygens (including phenoxy) is 2. The third-order valence-corrected chi connectivity index (χ3v) is 4.07. The lowest BCUT2D eigenvalue weighted by atomic mass is 10.1. The second kappa shape index (κ2) is 9.07. The maximum atomic E-state index is 12.8. The Morgan fingerprint density at radius 1 is 1.12 bits per heavy atom. The Hall–Kier alpha value is -2.77. The fourth-order valence-electron chi connectivity index (χ4n) is 2.83. The van der Waals surface area contributed by atoms with Gasteiger partial charge < -0.3 is 24.6 Å². The molecule has 0 atom stereocenters. The van der Waals surface area contributed by atoms with E-state index in [2.05, 4.69) is 5.32 Å². The maximum Gasteiger partial charge on any atom is 0.409 e. The molecule has 1 heterocycles. The summed E-state index contributed by atoms with van der Waals surface area (Å²) in [6, 6.07) is 4.93. The van der Waals surface area contributed by atoms with Crippen molar-refractivity contribution in [1.29, 1.82) is 0 Å². The highest BCUT2D eigenvalue weighted by Crippen LogP contribution is 2.26. The number of nitrogens with zero attached hydrogens (tertiary/aromatic N) is 2. The minimum Gasteiger partial charge on any atom is -0.495 e. The molecule has 0 aliphatic carbocycles. The zero-order valence-electron chi connectivity index (χ0n) is 15.4. The number of methoxy groups -OCH3 is 1. The number of benzene rings is 1. The molecule has 3 amide bonds. The Morgan fingerprint density at radius 3 is 2.46 bits per heavy atom. The van der Waals surface area contributed by atoms with Crippen molar-refractivity contribution in [3.05, 3.63) is 23.8 Å². The van der Waals surface area contributed by atoms with Gasteiger partial charge in [0.05, 0.1) is 19.4 Å². The van der Waals surface area contributed by atoms with Crippen molar-refractivity contribution in [3.63, 3.8) is 0 Å². The van der Waals surface area contributed by atoms with Crippen LogP contribution in [0.5, 0.6) is 5.75 Å². The number of nitrogens with one attached hydrogen (secondary N) is 1. The van der Waals surface area contributed by atoms with Gasteiger partial charge in [-0.25, -0.2) is 4.79 Å². The summed E-state index contributed by atoms with van der Waals surface area (Å²) in [6.07, 6.45) is 0.332. The fourth-order valence-corrected chi connectivity index (χ4v) is 2.83. The molecule has 0 bridgehead atoms. The van der Waals surface area contributed by atoms with E-state index >= 15 is 0 Å². The minimum atomic E-state index is -0.348. The second-order valence-corrected chi connectivity index (χ2v) is 5.93. The van der Waals surface area contributed by atoms with Gasteiger partial charge in [-0.05, 0) is 31.5 Å². The summed E-state index contributed by atoms with van der Waals surface area (Å²) in [5.74, 6) is 0.0961. The van der Waals surface area contributed by atoms with Crippen LogP contribution < -0.4 is 10.1 Å². The molecule has 2 rings (SSSR count). The van der Waals surface area contributed by atoms with E-state index in [1.807, 2.05) is 0 Å². The van der Waals surface area contributed by atoms with E-state index in [1.54, 1.807) is 34.9 Å². The third kappa shape index (κ3) is 4.87. The standard InChI is InChI=1S/C18H25N3O5/c1-4-26-18(24)21-9-5-8-20(10-11-21)17(23)14-6-7-16(25-3)15(12-14)19-13(2)22/h6-7,12H,4-5,8-11H2,1-3H3,(H,19,22). The Balaban J connectivity index is 2.11. The van der Waals surface area contributed by atoms with Gasteiger partial charge in [-0.3, -0.25) is 9.59 Å². The van der Waals surface area contributed by atoms with E-state index in [-0.39, 0.29) is 17.9 Å². The molecule has 1 aliphatic rings. The molecule has 1 N–H and O–H groups in total. The largest absolute Gasteiger partial charge is 0.495 e. The van der Waals surface area contributed by atoms with Crippen LogP contribution in [0.4, 0.5) is 10.5 Å². The van der Waals surface area contributed by atoms with Crippen molar-refractivity contribution in [2.75, 3.05) is 45.2 Å². The zero-order chi connectivity index (χ0) is 19.1. The van der Waals surface area contributed by atoms with Crippen molar-refractivity contribution < 1.29 is 23.9 Å². The number of hydrogen-bond acceptors (Lipinski definition) is 5. The summed E-state index contributed by atoms with van der Waals surface area (Å²) in [4.78, 5) is 39.4. The summed E-state index contributed by atoms with van der Waals surface area (Å²) < 4.78 is 10.2. The fraction of sp³-hybridized carbons (Fsp3) is 0.500. The average molecular weight is 363 g/mol. The molecule has 1 aromatic carbocycles. The van der Waals surface area contributed by atoms with Gasteiger partial charge >= 0.3 is 6.09 Å². The highest BCUT2D eigenvalue weighted by Gasteiger charge is 2.24. The van der Waals surface area contributed by atoms with Gasteiger partial charge in [-0.15, -0.1) is 0 Å². The number of amides is 3. The van der Waals surface area contributed by atoms with E-state index in [4.69, 9.17) is 9.47 Å². The van der Waals surface area contributed by atoms with Crippen molar-refractivity contribution in [3.8, 4) is 5.75 Å². The number of rotatable bonds is 4. The van der Waals surface area contributed by atoms with Crippen LogP contribution in [0.1, 0.15) is 30.6 Å². The number of anilines is 1. The maximum absolute atomic E-state index is 12.8. The first-order chi connectivity index (χ1) is 12.5. The predicted octanol–water partition coefficient (Wildman–Crippen LogP) is 1.96. The average Bonchev–Trinajstić information content (AvgIpc) is 2.87. The van der Waals surface area contributed by atoms with Gasteiger partial charge in [0, 0.05) is 38.7 Å². The normalized spacial score (nSPS) is 14.4. The van der Waals surface area contributed by atoms with Crippen LogP contribution >= 0.6 is 0 Å². The molecule has 26 heavy (non-hydrogen) atoms. The van der Waals surface area contributed by atoms with Gasteiger partial charge in [0.25, 0.3) is 5.91 Å². The lowest BCUT2D eigenvalue weighted by Crippen LogP contribution is -2.37. The zero-order valence-corrected chi connectivity index (χ0v) is 15.4. The summed E-state index contributed by atoms with van der Waals surface area (Å²) in [6.45, 7) is 5.46. The summed E-state index contributed by atoms with van der Waals surface area (Å²) in [7, 11) is 1.50. The molecular formula is C18H25N3O5. The Bertz CT molecular complexity index is 677. The van der Waals surface area contributed by atoms with Crippen LogP contribution in [0.2, 0.25) is 0 Å². The first kappa shape index (κ1) is 19.6. The monoisotopic (exact) mass is 363 g/mol. The number of carbonyl (C=O) groups is 3. The van der Waals surface area contributed by atoms with Crippen LogP contribution in [-0.2, 0) is 9.53 Å². The molecule has 8 nitrogen and oxygen atoms in total. The van der Waals surface area contributed by atoms with E-state index in [0.717, 1.165) is 0 Å². The van der Waals surface area contributed by atoms with Gasteiger partial charge in [-0.2, -0.15) is 0 Å². The van der Waals surface area contributed by atoms with E-state index in [0.29, 0.717) is 56.2 Å². The quantitative estimate of drug-likeness (QED) is 0.883. The summed E-state index contributed by atoms with van der Waals surface area (Å²) >= 11 is 0. The van der Waals surface area contributed by atoms with Gasteiger partial charge in [-0.1, -0.05) is 0 Å². The van der Waals surface area contributed by atoms with Crippen LogP contribution in [0.25, 0.3) is 0 Å². The molecule has 142 valence electrons. The number of carbonyl (C=O) groups excluding carboxylic acids is 3. The smallest absolute Gasteiger partial charge is 0.409 e. The molecule has 0 saturated carbocycles. The van der Waals surface area contributed by atoms with Crippen molar-refractivity contribution in [2.24, 2.45) is 0 Å². The van der Waals surface area contributed by atoms with Crippen molar-refractivity contribution in [2.45, 2.75) is 20.3 Å². The first-order valence-corrected chi connectivity index (χ1v) is 8.62. The molecule has 0 aromatic heterocycles. The van der Waals surface area contributed by atoms with Gasteiger partial charge in [0.2, 0.25) is 5.91 Å². The molecule has 1 aliphatic heterocycles. The Morgan fingerprint density at radius 2 is 1.81 bits per heavy atom. The van der Waals surface area contributed by atoms with Crippen LogP contribution in [0.15, 0.2) is 18.2 Å². The Kier molecular flexibility index (Phi) is 6.82. The molecule has 8 heteroatoms.